The molecule has 2 aliphatic rings. The molecular formula is C19H26FN6O5P. The van der Waals surface area contributed by atoms with Crippen molar-refractivity contribution < 1.29 is 23.2 Å². The van der Waals surface area contributed by atoms with Crippen LogP contribution in [0, 0.1) is 18.3 Å². The third-order valence-corrected chi connectivity index (χ3v) is 6.86. The minimum Gasteiger partial charge on any atom is -0.360 e. The third-order valence-electron chi connectivity index (χ3n) is 5.72. The van der Waals surface area contributed by atoms with E-state index in [9.17, 15) is 9.18 Å². The van der Waals surface area contributed by atoms with E-state index >= 15 is 0 Å². The molecule has 0 spiro atoms. The molecule has 2 aliphatic heterocycles. The lowest BCUT2D eigenvalue weighted by atomic mass is 9.96. The summed E-state index contributed by atoms with van der Waals surface area (Å²) in [7, 11) is -1.01. The molecule has 1 N–H and O–H groups in total. The van der Waals surface area contributed by atoms with Gasteiger partial charge in [-0.15, -0.1) is 0 Å². The van der Waals surface area contributed by atoms with Gasteiger partial charge < -0.3 is 19.0 Å². The Hall–Kier alpha value is -2.00. The molecule has 0 saturated carbocycles. The standard InChI is InChI=1S/C19H26FN6O5P/c1-4-19-9-26(29-7-5-20)14(15(19)31-32(3)11-28-8-6-21)18(30-19)25-10-22-13-16(25)23-12(2)24-17(13)27/h10,14-15,18H,4-5,7-9,11H2,1-3H3,(H,23,24,27)/t14-,15+,18-,19+,32?/m1/s1. The Morgan fingerprint density at radius 3 is 3.06 bits per heavy atom. The van der Waals surface area contributed by atoms with Gasteiger partial charge in [0.2, 0.25) is 0 Å². The Labute approximate surface area is 185 Å². The number of imidazole rings is 1. The minimum atomic E-state index is -1.01. The van der Waals surface area contributed by atoms with Crippen molar-refractivity contribution in [3.63, 3.8) is 0 Å². The number of aryl methyl sites for hydroxylation is 1. The number of alkyl halides is 1. The number of nitriles is 1. The van der Waals surface area contributed by atoms with Crippen molar-refractivity contribution in [2.75, 3.05) is 39.4 Å². The van der Waals surface area contributed by atoms with Crippen molar-refractivity contribution >= 4 is 19.3 Å². The Bertz CT molecular complexity index is 1060. The third kappa shape index (κ3) is 4.05. The zero-order chi connectivity index (χ0) is 22.9. The van der Waals surface area contributed by atoms with Gasteiger partial charge in [0.1, 0.15) is 36.9 Å². The summed E-state index contributed by atoms with van der Waals surface area (Å²) in [6.45, 7) is 5.33. The molecule has 2 saturated heterocycles. The lowest BCUT2D eigenvalue weighted by Crippen LogP contribution is -2.45. The van der Waals surface area contributed by atoms with Crippen LogP contribution in [-0.4, -0.2) is 81.8 Å². The molecule has 5 atom stereocenters. The summed E-state index contributed by atoms with van der Waals surface area (Å²) in [5.41, 5.74) is -0.423. The van der Waals surface area contributed by atoms with E-state index in [1.54, 1.807) is 16.6 Å². The average Bonchev–Trinajstić information content (AvgIpc) is 3.41. The highest BCUT2D eigenvalue weighted by Gasteiger charge is 2.65. The number of hydroxylamine groups is 2. The number of rotatable bonds is 10. The summed E-state index contributed by atoms with van der Waals surface area (Å²) < 4.78 is 32.9. The van der Waals surface area contributed by atoms with Crippen LogP contribution >= 0.6 is 8.15 Å². The van der Waals surface area contributed by atoms with Crippen LogP contribution in [0.5, 0.6) is 0 Å². The number of H-pyrrole nitrogens is 1. The largest absolute Gasteiger partial charge is 0.360 e. The first-order valence-electron chi connectivity index (χ1n) is 10.3. The second-order valence-electron chi connectivity index (χ2n) is 7.78. The van der Waals surface area contributed by atoms with Crippen molar-refractivity contribution in [1.82, 2.24) is 24.6 Å². The maximum absolute atomic E-state index is 12.9. The van der Waals surface area contributed by atoms with Crippen LogP contribution in [0.3, 0.4) is 0 Å². The molecule has 11 nitrogen and oxygen atoms in total. The van der Waals surface area contributed by atoms with E-state index in [0.717, 1.165) is 0 Å². The molecule has 2 fully saturated rings. The van der Waals surface area contributed by atoms with Gasteiger partial charge in [0.25, 0.3) is 5.56 Å². The molecule has 0 aliphatic carbocycles. The van der Waals surface area contributed by atoms with Gasteiger partial charge in [0.15, 0.2) is 17.4 Å². The van der Waals surface area contributed by atoms with Gasteiger partial charge in [0.05, 0.1) is 40.0 Å². The lowest BCUT2D eigenvalue weighted by molar-refractivity contribution is -0.248. The Kier molecular flexibility index (Phi) is 6.86. The van der Waals surface area contributed by atoms with Crippen LogP contribution < -0.4 is 5.56 Å². The molecule has 32 heavy (non-hydrogen) atoms. The molecule has 174 valence electrons. The number of nitrogens with one attached hydrogen (secondary N) is 1. The van der Waals surface area contributed by atoms with Gasteiger partial charge >= 0.3 is 0 Å². The van der Waals surface area contributed by atoms with Crippen LogP contribution in [0.2, 0.25) is 0 Å². The van der Waals surface area contributed by atoms with Crippen molar-refractivity contribution in [1.29, 1.82) is 5.26 Å². The fourth-order valence-corrected chi connectivity index (χ4v) is 5.47. The molecule has 0 aromatic carbocycles. The Morgan fingerprint density at radius 2 is 2.34 bits per heavy atom. The first-order chi connectivity index (χ1) is 15.4. The van der Waals surface area contributed by atoms with Crippen LogP contribution in [0.25, 0.3) is 11.2 Å². The smallest absolute Gasteiger partial charge is 0.279 e. The zero-order valence-corrected chi connectivity index (χ0v) is 19.0. The monoisotopic (exact) mass is 468 g/mol. The van der Waals surface area contributed by atoms with Gasteiger partial charge in [-0.2, -0.15) is 10.3 Å². The normalized spacial score (nSPS) is 28.4. The van der Waals surface area contributed by atoms with Gasteiger partial charge in [-0.1, -0.05) is 6.92 Å². The number of halogens is 1. The SMILES string of the molecule is CC[C@@]12CN(OCCF)[C@@H]([C@H](n3cnc4c(=O)[nH]c(C)nc43)O1)[C@@H]2OP(C)COCC#N. The quantitative estimate of drug-likeness (QED) is 0.408. The molecule has 13 heteroatoms. The second kappa shape index (κ2) is 9.47. The van der Waals surface area contributed by atoms with Crippen LogP contribution in [0.4, 0.5) is 4.39 Å². The van der Waals surface area contributed by atoms with Crippen LogP contribution in [-0.2, 0) is 18.8 Å². The van der Waals surface area contributed by atoms with Crippen LogP contribution in [0.15, 0.2) is 11.1 Å². The Balaban J connectivity index is 1.68. The fraction of sp³-hybridized carbons (Fsp3) is 0.684. The lowest BCUT2D eigenvalue weighted by Gasteiger charge is -2.36. The number of aromatic amines is 1. The summed E-state index contributed by atoms with van der Waals surface area (Å²) in [6.07, 6.45) is 1.47. The maximum Gasteiger partial charge on any atom is 0.279 e. The minimum absolute atomic E-state index is 0.00545. The van der Waals surface area contributed by atoms with Crippen molar-refractivity contribution in [2.45, 2.75) is 44.2 Å². The van der Waals surface area contributed by atoms with E-state index in [2.05, 4.69) is 15.0 Å². The molecular weight excluding hydrogens is 442 g/mol. The highest BCUT2D eigenvalue weighted by molar-refractivity contribution is 7.51. The van der Waals surface area contributed by atoms with Gasteiger partial charge in [-0.05, 0) is 20.0 Å². The number of hydrogen-bond donors (Lipinski definition) is 1. The maximum atomic E-state index is 12.9. The summed E-state index contributed by atoms with van der Waals surface area (Å²) in [4.78, 5) is 29.4. The predicted molar refractivity (Wildman–Crippen MR) is 113 cm³/mol. The van der Waals surface area contributed by atoms with Crippen molar-refractivity contribution in [3.8, 4) is 6.07 Å². The molecule has 0 amide bonds. The number of fused-ring (bicyclic) bond motifs is 3. The van der Waals surface area contributed by atoms with E-state index in [1.807, 2.05) is 19.7 Å². The fourth-order valence-electron chi connectivity index (χ4n) is 4.35. The first-order valence-corrected chi connectivity index (χ1v) is 12.2. The predicted octanol–water partition coefficient (Wildman–Crippen LogP) is 1.60. The number of nitrogens with zero attached hydrogens (tertiary/aromatic N) is 5. The number of ether oxygens (including phenoxy) is 2. The molecule has 1 unspecified atom stereocenters. The summed E-state index contributed by atoms with van der Waals surface area (Å²) >= 11 is 0. The van der Waals surface area contributed by atoms with Gasteiger partial charge in [0, 0.05) is 0 Å². The zero-order valence-electron chi connectivity index (χ0n) is 18.2. The topological polar surface area (TPSA) is 128 Å². The number of hydrogen-bond acceptors (Lipinski definition) is 9. The van der Waals surface area contributed by atoms with E-state index in [1.165, 1.54) is 6.33 Å². The highest BCUT2D eigenvalue weighted by atomic mass is 31.1. The van der Waals surface area contributed by atoms with E-state index in [-0.39, 0.29) is 30.4 Å². The van der Waals surface area contributed by atoms with Gasteiger partial charge in [-0.3, -0.25) is 14.2 Å². The van der Waals surface area contributed by atoms with E-state index in [4.69, 9.17) is 24.1 Å². The highest BCUT2D eigenvalue weighted by Crippen LogP contribution is 2.53. The van der Waals surface area contributed by atoms with E-state index < -0.39 is 32.7 Å². The first kappa shape index (κ1) is 23.2. The van der Waals surface area contributed by atoms with Crippen molar-refractivity contribution in [2.24, 2.45) is 0 Å². The van der Waals surface area contributed by atoms with E-state index in [0.29, 0.717) is 30.8 Å². The molecule has 4 rings (SSSR count). The average molecular weight is 468 g/mol. The number of aromatic nitrogens is 4. The second-order valence-corrected chi connectivity index (χ2v) is 9.50. The van der Waals surface area contributed by atoms with Crippen molar-refractivity contribution in [3.05, 3.63) is 22.5 Å². The molecule has 2 aromatic rings. The van der Waals surface area contributed by atoms with Gasteiger partial charge in [-0.25, -0.2) is 14.4 Å². The molecule has 4 heterocycles. The Morgan fingerprint density at radius 1 is 1.53 bits per heavy atom. The summed E-state index contributed by atoms with van der Waals surface area (Å²) in [5.74, 6) is 0.461. The molecule has 2 aromatic heterocycles. The summed E-state index contributed by atoms with van der Waals surface area (Å²) in [6, 6.07) is 1.53. The van der Waals surface area contributed by atoms with Crippen LogP contribution in [0.1, 0.15) is 25.4 Å². The summed E-state index contributed by atoms with van der Waals surface area (Å²) in [5, 5.41) is 10.4. The molecule has 0 radical (unpaired) electrons. The molecule has 2 bridgehead atoms. The number of morpholine rings is 1.